The van der Waals surface area contributed by atoms with Crippen LogP contribution in [0.2, 0.25) is 10.0 Å². The van der Waals surface area contributed by atoms with Crippen LogP contribution < -0.4 is 4.90 Å². The minimum atomic E-state index is 0.669. The molecule has 0 amide bonds. The number of benzene rings is 1. The van der Waals surface area contributed by atoms with Crippen molar-refractivity contribution in [2.45, 2.75) is 31.7 Å². The van der Waals surface area contributed by atoms with Gasteiger partial charge in [-0.3, -0.25) is 0 Å². The number of rotatable bonds is 2. The van der Waals surface area contributed by atoms with Crippen molar-refractivity contribution in [3.8, 4) is 0 Å². The van der Waals surface area contributed by atoms with Crippen LogP contribution in [0.4, 0.5) is 5.13 Å². The average Bonchev–Trinajstić information content (AvgIpc) is 3.15. The summed E-state index contributed by atoms with van der Waals surface area (Å²) in [6.45, 7) is 1.75. The lowest BCUT2D eigenvalue weighted by molar-refractivity contribution is 0.723. The van der Waals surface area contributed by atoms with Gasteiger partial charge in [0.05, 0.1) is 0 Å². The van der Waals surface area contributed by atoms with Crippen molar-refractivity contribution in [1.29, 1.82) is 0 Å². The van der Waals surface area contributed by atoms with Gasteiger partial charge in [-0.1, -0.05) is 34.5 Å². The molecular formula is C14H13Cl2N3S. The van der Waals surface area contributed by atoms with Gasteiger partial charge >= 0.3 is 0 Å². The third kappa shape index (κ3) is 2.30. The van der Waals surface area contributed by atoms with E-state index in [1.54, 1.807) is 11.3 Å². The van der Waals surface area contributed by atoms with E-state index in [0.29, 0.717) is 10.9 Å². The summed E-state index contributed by atoms with van der Waals surface area (Å²) in [5.41, 5.74) is 2.43. The predicted molar refractivity (Wildman–Crippen MR) is 83.1 cm³/mol. The Hall–Kier alpha value is -0.840. The van der Waals surface area contributed by atoms with E-state index >= 15 is 0 Å². The Morgan fingerprint density at radius 2 is 2.05 bits per heavy atom. The van der Waals surface area contributed by atoms with Crippen molar-refractivity contribution in [3.63, 3.8) is 0 Å². The van der Waals surface area contributed by atoms with Crippen molar-refractivity contribution in [2.75, 3.05) is 11.4 Å². The van der Waals surface area contributed by atoms with Gasteiger partial charge in [0.15, 0.2) is 0 Å². The second kappa shape index (κ2) is 4.86. The highest BCUT2D eigenvalue weighted by Crippen LogP contribution is 2.43. The molecule has 2 heterocycles. The van der Waals surface area contributed by atoms with Crippen molar-refractivity contribution in [3.05, 3.63) is 38.3 Å². The maximum absolute atomic E-state index is 6.27. The van der Waals surface area contributed by atoms with E-state index in [1.807, 2.05) is 12.1 Å². The van der Waals surface area contributed by atoms with Gasteiger partial charge in [0.2, 0.25) is 5.13 Å². The Balaban J connectivity index is 1.62. The lowest BCUT2D eigenvalue weighted by Crippen LogP contribution is -2.30. The fourth-order valence-electron chi connectivity index (χ4n) is 2.62. The molecule has 0 N–H and O–H groups in total. The highest BCUT2D eigenvalue weighted by atomic mass is 35.5. The normalized spacial score (nSPS) is 18.2. The second-order valence-corrected chi connectivity index (χ2v) is 7.23. The fraction of sp³-hybridized carbons (Fsp3) is 0.429. The molecule has 0 unspecified atom stereocenters. The molecule has 1 saturated carbocycles. The third-order valence-corrected chi connectivity index (χ3v) is 5.57. The van der Waals surface area contributed by atoms with Crippen LogP contribution in [-0.4, -0.2) is 16.7 Å². The molecule has 2 aliphatic rings. The maximum atomic E-state index is 6.27. The zero-order valence-corrected chi connectivity index (χ0v) is 13.1. The minimum Gasteiger partial charge on any atom is -0.342 e. The Kier molecular flexibility index (Phi) is 3.13. The highest BCUT2D eigenvalue weighted by molar-refractivity contribution is 7.15. The summed E-state index contributed by atoms with van der Waals surface area (Å²) >= 11 is 14.1. The summed E-state index contributed by atoms with van der Waals surface area (Å²) in [4.78, 5) is 2.28. The molecule has 2 aromatic rings. The smallest absolute Gasteiger partial charge is 0.208 e. The first kappa shape index (κ1) is 12.9. The number of fused-ring (bicyclic) bond motifs is 1. The number of aromatic nitrogens is 2. The van der Waals surface area contributed by atoms with E-state index in [1.165, 1.54) is 29.0 Å². The second-order valence-electron chi connectivity index (χ2n) is 5.39. The molecule has 104 valence electrons. The van der Waals surface area contributed by atoms with Crippen molar-refractivity contribution < 1.29 is 0 Å². The molecule has 6 heteroatoms. The molecule has 4 rings (SSSR count). The number of hydrogen-bond acceptors (Lipinski definition) is 4. The Morgan fingerprint density at radius 1 is 1.20 bits per heavy atom. The van der Waals surface area contributed by atoms with Gasteiger partial charge in [0.25, 0.3) is 0 Å². The minimum absolute atomic E-state index is 0.669. The predicted octanol–water partition coefficient (Wildman–Crippen LogP) is 4.29. The van der Waals surface area contributed by atoms with E-state index in [-0.39, 0.29) is 0 Å². The highest BCUT2D eigenvalue weighted by Gasteiger charge is 2.29. The maximum Gasteiger partial charge on any atom is 0.208 e. The first-order chi connectivity index (χ1) is 9.70. The van der Waals surface area contributed by atoms with Crippen molar-refractivity contribution in [2.24, 2.45) is 0 Å². The van der Waals surface area contributed by atoms with Crippen LogP contribution in [0.15, 0.2) is 12.1 Å². The zero-order chi connectivity index (χ0) is 13.7. The molecule has 1 fully saturated rings. The van der Waals surface area contributed by atoms with Crippen LogP contribution in [0.25, 0.3) is 0 Å². The lowest BCUT2D eigenvalue weighted by Gasteiger charge is -2.28. The van der Waals surface area contributed by atoms with E-state index < -0.39 is 0 Å². The van der Waals surface area contributed by atoms with Crippen molar-refractivity contribution >= 4 is 39.7 Å². The molecule has 0 saturated heterocycles. The molecule has 0 bridgehead atoms. The summed E-state index contributed by atoms with van der Waals surface area (Å²) < 4.78 is 0. The van der Waals surface area contributed by atoms with Gasteiger partial charge in [0.1, 0.15) is 5.01 Å². The zero-order valence-electron chi connectivity index (χ0n) is 10.8. The van der Waals surface area contributed by atoms with Crippen LogP contribution in [-0.2, 0) is 13.0 Å². The molecule has 0 spiro atoms. The first-order valence-electron chi connectivity index (χ1n) is 6.76. The molecule has 1 aliphatic heterocycles. The molecule has 0 radical (unpaired) electrons. The Bertz CT molecular complexity index is 666. The van der Waals surface area contributed by atoms with Crippen molar-refractivity contribution in [1.82, 2.24) is 10.2 Å². The van der Waals surface area contributed by atoms with E-state index in [9.17, 15) is 0 Å². The quantitative estimate of drug-likeness (QED) is 0.824. The Morgan fingerprint density at radius 3 is 2.85 bits per heavy atom. The van der Waals surface area contributed by atoms with Gasteiger partial charge in [-0.2, -0.15) is 0 Å². The summed E-state index contributed by atoms with van der Waals surface area (Å²) in [7, 11) is 0. The molecule has 20 heavy (non-hydrogen) atoms. The van der Waals surface area contributed by atoms with E-state index in [2.05, 4.69) is 15.1 Å². The standard InChI is InChI=1S/C14H13Cl2N3S/c15-10-5-9-7-19(4-3-11(9)12(16)6-10)14-18-17-13(20-14)8-1-2-8/h5-6,8H,1-4,7H2. The van der Waals surface area contributed by atoms with E-state index in [4.69, 9.17) is 23.2 Å². The van der Waals surface area contributed by atoms with Crippen LogP contribution in [0.5, 0.6) is 0 Å². The van der Waals surface area contributed by atoms with Gasteiger partial charge in [-0.15, -0.1) is 10.2 Å². The monoisotopic (exact) mass is 325 g/mol. The van der Waals surface area contributed by atoms with Crippen LogP contribution in [0.3, 0.4) is 0 Å². The fourth-order valence-corrected chi connectivity index (χ4v) is 4.29. The number of nitrogens with zero attached hydrogens (tertiary/aromatic N) is 3. The molecule has 3 nitrogen and oxygen atoms in total. The Labute approximate surface area is 131 Å². The van der Waals surface area contributed by atoms with Crippen LogP contribution >= 0.6 is 34.5 Å². The summed E-state index contributed by atoms with van der Waals surface area (Å²) in [5, 5.41) is 12.4. The molecular weight excluding hydrogens is 313 g/mol. The van der Waals surface area contributed by atoms with Gasteiger partial charge in [-0.25, -0.2) is 0 Å². The number of anilines is 1. The van der Waals surface area contributed by atoms with Gasteiger partial charge in [0, 0.05) is 29.1 Å². The molecule has 1 aromatic carbocycles. The van der Waals surface area contributed by atoms with Gasteiger partial charge in [-0.05, 0) is 42.5 Å². The SMILES string of the molecule is Clc1cc(Cl)c2c(c1)CN(c1nnc(C3CC3)s1)CC2. The summed E-state index contributed by atoms with van der Waals surface area (Å²) in [5.74, 6) is 0.669. The summed E-state index contributed by atoms with van der Waals surface area (Å²) in [6, 6.07) is 3.84. The average molecular weight is 326 g/mol. The topological polar surface area (TPSA) is 29.0 Å². The van der Waals surface area contributed by atoms with Gasteiger partial charge < -0.3 is 4.90 Å². The largest absolute Gasteiger partial charge is 0.342 e. The molecule has 1 aliphatic carbocycles. The number of halogens is 2. The molecule has 1 aromatic heterocycles. The van der Waals surface area contributed by atoms with Crippen LogP contribution in [0, 0.1) is 0 Å². The third-order valence-electron chi connectivity index (χ3n) is 3.87. The van der Waals surface area contributed by atoms with E-state index in [0.717, 1.165) is 29.7 Å². The lowest BCUT2D eigenvalue weighted by atomic mass is 10.0. The number of hydrogen-bond donors (Lipinski definition) is 0. The summed E-state index contributed by atoms with van der Waals surface area (Å²) in [6.07, 6.45) is 3.47. The van der Waals surface area contributed by atoms with Crippen LogP contribution in [0.1, 0.15) is 34.9 Å². The first-order valence-corrected chi connectivity index (χ1v) is 8.33. The molecule has 0 atom stereocenters.